The minimum absolute atomic E-state index is 0.0548. The van der Waals surface area contributed by atoms with Gasteiger partial charge in [-0.15, -0.1) is 0 Å². The molecule has 0 aliphatic heterocycles. The summed E-state index contributed by atoms with van der Waals surface area (Å²) in [5.74, 6) is -0.712. The number of halogens is 1. The summed E-state index contributed by atoms with van der Waals surface area (Å²) in [7, 11) is 0. The first-order chi connectivity index (χ1) is 10.8. The van der Waals surface area contributed by atoms with E-state index < -0.39 is 5.91 Å². The predicted octanol–water partition coefficient (Wildman–Crippen LogP) is 3.29. The summed E-state index contributed by atoms with van der Waals surface area (Å²) in [6.07, 6.45) is 0. The van der Waals surface area contributed by atoms with Crippen molar-refractivity contribution in [1.29, 1.82) is 0 Å². The number of carbonyl (C=O) groups excluding carboxylic acids is 1. The second-order valence-corrected chi connectivity index (χ2v) is 5.92. The zero-order valence-corrected chi connectivity index (χ0v) is 14.2. The Balaban J connectivity index is 1.96. The molecule has 0 spiro atoms. The smallest absolute Gasteiger partial charge is 0.273 e. The molecule has 0 saturated carbocycles. The van der Waals surface area contributed by atoms with E-state index in [9.17, 15) is 9.90 Å². The molecule has 120 valence electrons. The molecule has 0 unspecified atom stereocenters. The molecule has 2 aromatic carbocycles. The minimum Gasteiger partial charge on any atom is -0.507 e. The Morgan fingerprint density at radius 1 is 1.09 bits per heavy atom. The van der Waals surface area contributed by atoms with E-state index in [0.717, 1.165) is 16.8 Å². The van der Waals surface area contributed by atoms with E-state index in [1.165, 1.54) is 18.2 Å². The van der Waals surface area contributed by atoms with Gasteiger partial charge in [-0.05, 0) is 67.5 Å². The van der Waals surface area contributed by atoms with Crippen LogP contribution in [-0.4, -0.2) is 16.1 Å². The molecular formula is C16H16ClN3O2S. The molecule has 2 rings (SSSR count). The minimum atomic E-state index is -0.547. The van der Waals surface area contributed by atoms with Crippen LogP contribution in [0.3, 0.4) is 0 Å². The second-order valence-electron chi connectivity index (χ2n) is 5.07. The van der Waals surface area contributed by atoms with E-state index in [-0.39, 0.29) is 16.4 Å². The second kappa shape index (κ2) is 7.30. The van der Waals surface area contributed by atoms with Gasteiger partial charge in [-0.3, -0.25) is 15.6 Å². The van der Waals surface area contributed by atoms with Crippen LogP contribution in [0.1, 0.15) is 21.5 Å². The Hall–Kier alpha value is -2.31. The fourth-order valence-corrected chi connectivity index (χ4v) is 2.42. The third kappa shape index (κ3) is 4.84. The van der Waals surface area contributed by atoms with Gasteiger partial charge in [0.05, 0.1) is 5.56 Å². The van der Waals surface area contributed by atoms with Gasteiger partial charge in [-0.1, -0.05) is 17.7 Å². The van der Waals surface area contributed by atoms with Crippen LogP contribution in [0.15, 0.2) is 36.4 Å². The zero-order valence-electron chi connectivity index (χ0n) is 12.6. The number of amides is 1. The van der Waals surface area contributed by atoms with Crippen LogP contribution in [0.2, 0.25) is 5.02 Å². The van der Waals surface area contributed by atoms with Gasteiger partial charge in [0.25, 0.3) is 5.91 Å². The van der Waals surface area contributed by atoms with Crippen molar-refractivity contribution in [1.82, 2.24) is 10.9 Å². The fourth-order valence-electron chi connectivity index (χ4n) is 2.08. The van der Waals surface area contributed by atoms with Gasteiger partial charge >= 0.3 is 0 Å². The maximum atomic E-state index is 12.0. The van der Waals surface area contributed by atoms with Gasteiger partial charge in [0.2, 0.25) is 0 Å². The lowest BCUT2D eigenvalue weighted by atomic mass is 10.1. The van der Waals surface area contributed by atoms with Crippen molar-refractivity contribution < 1.29 is 9.90 Å². The summed E-state index contributed by atoms with van der Waals surface area (Å²) in [6.45, 7) is 3.97. The standard InChI is InChI=1S/C16H16ClN3O2S/c1-9-5-10(2)7-12(6-9)18-16(23)20-19-15(22)13-8-11(17)3-4-14(13)21/h3-8,21H,1-2H3,(H,19,22)(H2,18,20,23). The number of anilines is 1. The number of benzene rings is 2. The predicted molar refractivity (Wildman–Crippen MR) is 95.9 cm³/mol. The molecule has 7 heteroatoms. The average molecular weight is 350 g/mol. The molecule has 1 amide bonds. The van der Waals surface area contributed by atoms with Gasteiger partial charge in [0.15, 0.2) is 5.11 Å². The molecule has 0 atom stereocenters. The van der Waals surface area contributed by atoms with Crippen molar-refractivity contribution in [2.24, 2.45) is 0 Å². The maximum absolute atomic E-state index is 12.0. The summed E-state index contributed by atoms with van der Waals surface area (Å²) in [4.78, 5) is 12.0. The van der Waals surface area contributed by atoms with E-state index in [1.807, 2.05) is 32.0 Å². The quantitative estimate of drug-likeness (QED) is 0.494. The van der Waals surface area contributed by atoms with E-state index in [1.54, 1.807) is 0 Å². The highest BCUT2D eigenvalue weighted by Crippen LogP contribution is 2.21. The molecule has 0 fully saturated rings. The molecule has 5 nitrogen and oxygen atoms in total. The van der Waals surface area contributed by atoms with Gasteiger partial charge in [-0.25, -0.2) is 0 Å². The monoisotopic (exact) mass is 349 g/mol. The highest BCUT2D eigenvalue weighted by Gasteiger charge is 2.11. The van der Waals surface area contributed by atoms with Crippen LogP contribution < -0.4 is 16.2 Å². The van der Waals surface area contributed by atoms with Crippen LogP contribution in [0.4, 0.5) is 5.69 Å². The molecule has 0 aliphatic carbocycles. The Bertz CT molecular complexity index is 745. The van der Waals surface area contributed by atoms with Gasteiger partial charge in [0.1, 0.15) is 5.75 Å². The highest BCUT2D eigenvalue weighted by atomic mass is 35.5. The summed E-state index contributed by atoms with van der Waals surface area (Å²) in [5.41, 5.74) is 8.06. The van der Waals surface area contributed by atoms with Crippen molar-refractivity contribution >= 4 is 40.5 Å². The Morgan fingerprint density at radius 3 is 2.39 bits per heavy atom. The number of hydrogen-bond donors (Lipinski definition) is 4. The summed E-state index contributed by atoms with van der Waals surface area (Å²) >= 11 is 10.9. The number of phenolic OH excluding ortho intramolecular Hbond substituents is 1. The summed E-state index contributed by atoms with van der Waals surface area (Å²) in [5, 5.41) is 13.2. The topological polar surface area (TPSA) is 73.4 Å². The average Bonchev–Trinajstić information content (AvgIpc) is 2.46. The van der Waals surface area contributed by atoms with Crippen molar-refractivity contribution in [3.05, 3.63) is 58.1 Å². The number of carbonyl (C=O) groups is 1. The molecule has 0 bridgehead atoms. The third-order valence-corrected chi connectivity index (χ3v) is 3.41. The van der Waals surface area contributed by atoms with Crippen LogP contribution in [-0.2, 0) is 0 Å². The number of phenols is 1. The van der Waals surface area contributed by atoms with Gasteiger partial charge in [-0.2, -0.15) is 0 Å². The molecule has 4 N–H and O–H groups in total. The van der Waals surface area contributed by atoms with Gasteiger partial charge < -0.3 is 10.4 Å². The SMILES string of the molecule is Cc1cc(C)cc(NC(=S)NNC(=O)c2cc(Cl)ccc2O)c1. The molecule has 2 aromatic rings. The number of hydrogen-bond acceptors (Lipinski definition) is 3. The maximum Gasteiger partial charge on any atom is 0.273 e. The van der Waals surface area contributed by atoms with Crippen molar-refractivity contribution in [2.45, 2.75) is 13.8 Å². The fraction of sp³-hybridized carbons (Fsp3) is 0.125. The molecule has 0 aliphatic rings. The first-order valence-electron chi connectivity index (χ1n) is 6.79. The lowest BCUT2D eigenvalue weighted by Crippen LogP contribution is -2.43. The summed E-state index contributed by atoms with van der Waals surface area (Å²) in [6, 6.07) is 10.1. The normalized spacial score (nSPS) is 10.0. The highest BCUT2D eigenvalue weighted by molar-refractivity contribution is 7.80. The number of aryl methyl sites for hydroxylation is 2. The van der Waals surface area contributed by atoms with E-state index in [2.05, 4.69) is 16.2 Å². The van der Waals surface area contributed by atoms with E-state index >= 15 is 0 Å². The number of aromatic hydroxyl groups is 1. The number of hydrazine groups is 1. The Morgan fingerprint density at radius 2 is 1.74 bits per heavy atom. The van der Waals surface area contributed by atoms with E-state index in [4.69, 9.17) is 23.8 Å². The van der Waals surface area contributed by atoms with Crippen LogP contribution >= 0.6 is 23.8 Å². The first kappa shape index (κ1) is 17.1. The van der Waals surface area contributed by atoms with Gasteiger partial charge in [0, 0.05) is 10.7 Å². The molecule has 0 saturated heterocycles. The van der Waals surface area contributed by atoms with Crippen molar-refractivity contribution in [3.8, 4) is 5.75 Å². The molecule has 0 aromatic heterocycles. The van der Waals surface area contributed by atoms with Crippen LogP contribution in [0, 0.1) is 13.8 Å². The number of rotatable bonds is 2. The summed E-state index contributed by atoms with van der Waals surface area (Å²) < 4.78 is 0. The lowest BCUT2D eigenvalue weighted by Gasteiger charge is -2.13. The largest absolute Gasteiger partial charge is 0.507 e. The number of nitrogens with one attached hydrogen (secondary N) is 3. The third-order valence-electron chi connectivity index (χ3n) is 2.97. The van der Waals surface area contributed by atoms with Crippen LogP contribution in [0.5, 0.6) is 5.75 Å². The molecule has 0 heterocycles. The molecule has 0 radical (unpaired) electrons. The molecule has 23 heavy (non-hydrogen) atoms. The lowest BCUT2D eigenvalue weighted by molar-refractivity contribution is 0.0941. The zero-order chi connectivity index (χ0) is 17.0. The number of thiocarbonyl (C=S) groups is 1. The van der Waals surface area contributed by atoms with Crippen molar-refractivity contribution in [2.75, 3.05) is 5.32 Å². The first-order valence-corrected chi connectivity index (χ1v) is 7.58. The molecular weight excluding hydrogens is 334 g/mol. The Labute approximate surface area is 144 Å². The van der Waals surface area contributed by atoms with E-state index in [0.29, 0.717) is 5.02 Å². The Kier molecular flexibility index (Phi) is 5.41. The van der Waals surface area contributed by atoms with Crippen LogP contribution in [0.25, 0.3) is 0 Å². The van der Waals surface area contributed by atoms with Crippen molar-refractivity contribution in [3.63, 3.8) is 0 Å².